The maximum atomic E-state index is 12.9. The van der Waals surface area contributed by atoms with Gasteiger partial charge < -0.3 is 28.8 Å². The van der Waals surface area contributed by atoms with Gasteiger partial charge in [-0.15, -0.1) is 0 Å². The summed E-state index contributed by atoms with van der Waals surface area (Å²) in [4.78, 5) is 25.4. The van der Waals surface area contributed by atoms with Gasteiger partial charge in [-0.1, -0.05) is 206 Å². The van der Waals surface area contributed by atoms with Gasteiger partial charge in [-0.25, -0.2) is 0 Å². The number of likely N-dealkylation sites (N-methyl/N-ethyl adjacent to an activating group) is 1. The zero-order valence-electron chi connectivity index (χ0n) is 38.6. The first-order chi connectivity index (χ1) is 27.5. The first kappa shape index (κ1) is 56.2. The summed E-state index contributed by atoms with van der Waals surface area (Å²) >= 11 is 0. The number of carbonyl (C=O) groups excluding carboxylic acids is 1. The molecule has 2 N–H and O–H groups in total. The summed E-state index contributed by atoms with van der Waals surface area (Å²) < 4.78 is 23.3. The third-order valence-corrected chi connectivity index (χ3v) is 12.2. The minimum atomic E-state index is -4.56. The summed E-state index contributed by atoms with van der Waals surface area (Å²) in [5.41, 5.74) is 0. The molecule has 0 fully saturated rings. The van der Waals surface area contributed by atoms with Crippen molar-refractivity contribution in [3.05, 3.63) is 12.2 Å². The Balaban J connectivity index is 4.25. The number of hydrogen-bond donors (Lipinski definition) is 2. The standard InChI is InChI=1S/C48H97N2O6P/c1-6-8-10-12-14-16-18-20-22-23-24-25-26-27-28-30-32-34-36-38-40-42-48(52)49-46(45-56-57(53,54)55-44-43-50(3,4)5)47(51)41-39-37-35-33-31-29-21-19-17-15-13-11-9-7-2/h25-26,46-47,51H,6-24,27-45H2,1-5H3,(H-,49,52,53,54)/b26-25-. The van der Waals surface area contributed by atoms with E-state index in [-0.39, 0.29) is 19.1 Å². The number of nitrogens with one attached hydrogen (secondary N) is 1. The SMILES string of the molecule is CCCCCCCCCCCC/C=C\CCCCCCCCCC(=O)NC(COP(=O)([O-])OCC[N+](C)(C)C)C(O)CCCCCCCCCCCCCCCC. The highest BCUT2D eigenvalue weighted by molar-refractivity contribution is 7.45. The molecule has 0 rings (SSSR count). The van der Waals surface area contributed by atoms with Gasteiger partial charge in [0.1, 0.15) is 13.2 Å². The number of aliphatic hydroxyl groups is 1. The van der Waals surface area contributed by atoms with Crippen LogP contribution in [0.25, 0.3) is 0 Å². The second-order valence-electron chi connectivity index (χ2n) is 18.2. The van der Waals surface area contributed by atoms with Gasteiger partial charge >= 0.3 is 0 Å². The number of phosphoric acid groups is 1. The number of rotatable bonds is 45. The molecule has 0 saturated heterocycles. The molecule has 3 unspecified atom stereocenters. The van der Waals surface area contributed by atoms with Crippen molar-refractivity contribution in [2.75, 3.05) is 40.9 Å². The van der Waals surface area contributed by atoms with Gasteiger partial charge in [0.25, 0.3) is 7.82 Å². The lowest BCUT2D eigenvalue weighted by atomic mass is 10.0. The summed E-state index contributed by atoms with van der Waals surface area (Å²) in [5.74, 6) is -0.167. The number of quaternary nitrogens is 1. The molecule has 57 heavy (non-hydrogen) atoms. The summed E-state index contributed by atoms with van der Waals surface area (Å²) in [7, 11) is 1.31. The van der Waals surface area contributed by atoms with Crippen LogP contribution >= 0.6 is 7.82 Å². The Morgan fingerprint density at radius 3 is 1.37 bits per heavy atom. The molecule has 0 aromatic heterocycles. The molecule has 0 saturated carbocycles. The molecule has 9 heteroatoms. The van der Waals surface area contributed by atoms with Gasteiger partial charge in [0.15, 0.2) is 0 Å². The molecule has 340 valence electrons. The van der Waals surface area contributed by atoms with Crippen molar-refractivity contribution in [3.63, 3.8) is 0 Å². The Labute approximate surface area is 354 Å². The summed E-state index contributed by atoms with van der Waals surface area (Å²) in [6.07, 6.45) is 46.4. The van der Waals surface area contributed by atoms with Crippen LogP contribution in [0.15, 0.2) is 12.2 Å². The van der Waals surface area contributed by atoms with E-state index in [0.717, 1.165) is 38.5 Å². The van der Waals surface area contributed by atoms with E-state index in [0.29, 0.717) is 23.9 Å². The topological polar surface area (TPSA) is 108 Å². The Hall–Kier alpha value is -0.760. The number of carbonyl (C=O) groups is 1. The molecular formula is C48H97N2O6P. The number of phosphoric ester groups is 1. The molecule has 0 spiro atoms. The van der Waals surface area contributed by atoms with E-state index in [2.05, 4.69) is 31.3 Å². The van der Waals surface area contributed by atoms with Crippen molar-refractivity contribution in [3.8, 4) is 0 Å². The van der Waals surface area contributed by atoms with Gasteiger partial charge in [0, 0.05) is 6.42 Å². The van der Waals surface area contributed by atoms with Crippen LogP contribution in [0.2, 0.25) is 0 Å². The first-order valence-electron chi connectivity index (χ1n) is 24.5. The predicted molar refractivity (Wildman–Crippen MR) is 242 cm³/mol. The molecule has 0 radical (unpaired) electrons. The van der Waals surface area contributed by atoms with Gasteiger partial charge in [0.05, 0.1) is 39.9 Å². The average molecular weight is 829 g/mol. The maximum absolute atomic E-state index is 12.9. The van der Waals surface area contributed by atoms with Crippen LogP contribution < -0.4 is 10.2 Å². The number of nitrogens with zero attached hydrogens (tertiary/aromatic N) is 1. The van der Waals surface area contributed by atoms with E-state index in [1.807, 2.05) is 21.1 Å². The quantitative estimate of drug-likeness (QED) is 0.0274. The smallest absolute Gasteiger partial charge is 0.268 e. The van der Waals surface area contributed by atoms with E-state index in [1.165, 1.54) is 173 Å². The molecule has 1 amide bonds. The predicted octanol–water partition coefficient (Wildman–Crippen LogP) is 13.3. The fraction of sp³-hybridized carbons (Fsp3) is 0.938. The van der Waals surface area contributed by atoms with Crippen molar-refractivity contribution in [2.45, 2.75) is 251 Å². The zero-order valence-corrected chi connectivity index (χ0v) is 39.5. The van der Waals surface area contributed by atoms with Gasteiger partial charge in [-0.3, -0.25) is 9.36 Å². The third-order valence-electron chi connectivity index (χ3n) is 11.3. The highest BCUT2D eigenvalue weighted by Crippen LogP contribution is 2.38. The van der Waals surface area contributed by atoms with Crippen molar-refractivity contribution in [1.82, 2.24) is 5.32 Å². The largest absolute Gasteiger partial charge is 0.756 e. The summed E-state index contributed by atoms with van der Waals surface area (Å²) in [5, 5.41) is 13.9. The van der Waals surface area contributed by atoms with Crippen molar-refractivity contribution in [2.24, 2.45) is 0 Å². The van der Waals surface area contributed by atoms with E-state index in [4.69, 9.17) is 9.05 Å². The second-order valence-corrected chi connectivity index (χ2v) is 19.6. The van der Waals surface area contributed by atoms with Crippen LogP contribution in [0, 0.1) is 0 Å². The molecule has 0 aromatic rings. The van der Waals surface area contributed by atoms with Crippen LogP contribution in [0.1, 0.15) is 239 Å². The van der Waals surface area contributed by atoms with Crippen molar-refractivity contribution in [1.29, 1.82) is 0 Å². The average Bonchev–Trinajstić information content (AvgIpc) is 3.16. The number of unbranched alkanes of at least 4 members (excludes halogenated alkanes) is 30. The van der Waals surface area contributed by atoms with Gasteiger partial charge in [-0.2, -0.15) is 0 Å². The number of amides is 1. The number of allylic oxidation sites excluding steroid dienone is 2. The molecule has 3 atom stereocenters. The van der Waals surface area contributed by atoms with Crippen molar-refractivity contribution < 1.29 is 32.9 Å². The second kappa shape index (κ2) is 40.6. The Morgan fingerprint density at radius 2 is 0.965 bits per heavy atom. The molecule has 0 aromatic carbocycles. The first-order valence-corrected chi connectivity index (χ1v) is 26.0. The third kappa shape index (κ3) is 43.1. The molecule has 8 nitrogen and oxygen atoms in total. The van der Waals surface area contributed by atoms with Crippen LogP contribution in [-0.2, 0) is 18.4 Å². The monoisotopic (exact) mass is 829 g/mol. The highest BCUT2D eigenvalue weighted by Gasteiger charge is 2.24. The van der Waals surface area contributed by atoms with Crippen LogP contribution in [-0.4, -0.2) is 68.5 Å². The maximum Gasteiger partial charge on any atom is 0.268 e. The summed E-state index contributed by atoms with van der Waals surface area (Å²) in [6, 6.07) is -0.798. The zero-order chi connectivity index (χ0) is 42.1. The lowest BCUT2D eigenvalue weighted by molar-refractivity contribution is -0.870. The number of hydrogen-bond acceptors (Lipinski definition) is 6. The minimum absolute atomic E-state index is 0.0133. The van der Waals surface area contributed by atoms with E-state index >= 15 is 0 Å². The van der Waals surface area contributed by atoms with Crippen LogP contribution in [0.5, 0.6) is 0 Å². The van der Waals surface area contributed by atoms with Gasteiger partial charge in [0.2, 0.25) is 5.91 Å². The Bertz CT molecular complexity index is 942. The lowest BCUT2D eigenvalue weighted by Gasteiger charge is -2.30. The van der Waals surface area contributed by atoms with Crippen LogP contribution in [0.3, 0.4) is 0 Å². The molecule has 0 aliphatic rings. The normalized spacial score (nSPS) is 14.3. The number of aliphatic hydroxyl groups excluding tert-OH is 1. The van der Waals surface area contributed by atoms with Crippen LogP contribution in [0.4, 0.5) is 0 Å². The molecule has 0 heterocycles. The molecule has 0 bridgehead atoms. The lowest BCUT2D eigenvalue weighted by Crippen LogP contribution is -2.46. The highest BCUT2D eigenvalue weighted by atomic mass is 31.2. The molecule has 0 aliphatic heterocycles. The van der Waals surface area contributed by atoms with E-state index in [1.54, 1.807) is 0 Å². The van der Waals surface area contributed by atoms with E-state index in [9.17, 15) is 19.4 Å². The summed E-state index contributed by atoms with van der Waals surface area (Å²) in [6.45, 7) is 4.74. The Morgan fingerprint density at radius 1 is 0.596 bits per heavy atom. The van der Waals surface area contributed by atoms with Crippen molar-refractivity contribution >= 4 is 13.7 Å². The fourth-order valence-electron chi connectivity index (χ4n) is 7.33. The minimum Gasteiger partial charge on any atom is -0.756 e. The van der Waals surface area contributed by atoms with E-state index < -0.39 is 20.0 Å². The fourth-order valence-corrected chi connectivity index (χ4v) is 8.05. The molecule has 0 aliphatic carbocycles. The molecular weight excluding hydrogens is 732 g/mol. The van der Waals surface area contributed by atoms with Gasteiger partial charge in [-0.05, 0) is 38.5 Å². The Kier molecular flexibility index (Phi) is 40.1.